The largest absolute Gasteiger partial charge is 0.395 e. The summed E-state index contributed by atoms with van der Waals surface area (Å²) in [5.74, 6) is 0. The molecule has 0 aliphatic heterocycles. The zero-order chi connectivity index (χ0) is 13.0. The van der Waals surface area contributed by atoms with E-state index >= 15 is 0 Å². The van der Waals surface area contributed by atoms with E-state index in [9.17, 15) is 10.2 Å². The molecule has 2 aromatic rings. The van der Waals surface area contributed by atoms with Gasteiger partial charge in [0.1, 0.15) is 0 Å². The van der Waals surface area contributed by atoms with Crippen LogP contribution < -0.4 is 0 Å². The average molecular weight is 284 g/mol. The van der Waals surface area contributed by atoms with Crippen LogP contribution in [0.2, 0.25) is 5.02 Å². The minimum atomic E-state index is -0.683. The molecule has 0 aliphatic rings. The second kappa shape index (κ2) is 5.80. The van der Waals surface area contributed by atoms with Crippen LogP contribution in [0.4, 0.5) is 0 Å². The van der Waals surface area contributed by atoms with E-state index in [4.69, 9.17) is 11.6 Å². The number of halogens is 1. The van der Waals surface area contributed by atoms with Crippen molar-refractivity contribution in [3.8, 4) is 0 Å². The fourth-order valence-electron chi connectivity index (χ4n) is 1.91. The third kappa shape index (κ3) is 2.72. The van der Waals surface area contributed by atoms with Gasteiger partial charge in [-0.2, -0.15) is 0 Å². The topological polar surface area (TPSA) is 53.4 Å². The fraction of sp³-hybridized carbons (Fsp3) is 0.308. The number of hydrogen-bond acceptors (Lipinski definition) is 4. The van der Waals surface area contributed by atoms with Crippen molar-refractivity contribution in [2.75, 3.05) is 13.2 Å². The Hall–Kier alpha value is -0.940. The molecule has 18 heavy (non-hydrogen) atoms. The van der Waals surface area contributed by atoms with E-state index < -0.39 is 5.41 Å². The number of aromatic nitrogens is 1. The summed E-state index contributed by atoms with van der Waals surface area (Å²) in [6, 6.07) is 7.22. The molecule has 3 nitrogen and oxygen atoms in total. The molecule has 0 amide bonds. The Morgan fingerprint density at radius 1 is 1.17 bits per heavy atom. The molecule has 1 aromatic heterocycles. The smallest absolute Gasteiger partial charge is 0.0794 e. The molecule has 0 fully saturated rings. The number of benzene rings is 1. The van der Waals surface area contributed by atoms with Gasteiger partial charge in [0.05, 0.1) is 18.7 Å². The minimum Gasteiger partial charge on any atom is -0.395 e. The Morgan fingerprint density at radius 3 is 2.33 bits per heavy atom. The predicted molar refractivity (Wildman–Crippen MR) is 73.1 cm³/mol. The Labute approximate surface area is 115 Å². The maximum atomic E-state index is 9.69. The molecule has 0 saturated heterocycles. The monoisotopic (exact) mass is 283 g/mol. The second-order valence-electron chi connectivity index (χ2n) is 4.25. The quantitative estimate of drug-likeness (QED) is 0.885. The Balaban J connectivity index is 2.33. The summed E-state index contributed by atoms with van der Waals surface area (Å²) in [5.41, 5.74) is 1.94. The molecular weight excluding hydrogens is 270 g/mol. The van der Waals surface area contributed by atoms with E-state index in [-0.39, 0.29) is 13.2 Å². The van der Waals surface area contributed by atoms with Crippen LogP contribution >= 0.6 is 22.9 Å². The van der Waals surface area contributed by atoms with Crippen LogP contribution in [0.3, 0.4) is 0 Å². The zero-order valence-electron chi connectivity index (χ0n) is 9.71. The molecular formula is C13H14ClNO2S. The first kappa shape index (κ1) is 13.5. The molecule has 1 aromatic carbocycles. The van der Waals surface area contributed by atoms with Gasteiger partial charge < -0.3 is 10.2 Å². The zero-order valence-corrected chi connectivity index (χ0v) is 11.3. The lowest BCUT2D eigenvalue weighted by Gasteiger charge is -2.30. The highest BCUT2D eigenvalue weighted by Gasteiger charge is 2.31. The van der Waals surface area contributed by atoms with Gasteiger partial charge in [-0.3, -0.25) is 4.98 Å². The van der Waals surface area contributed by atoms with E-state index in [1.807, 2.05) is 12.1 Å². The molecule has 5 heteroatoms. The minimum absolute atomic E-state index is 0.122. The molecule has 0 atom stereocenters. The number of nitrogens with zero attached hydrogens (tertiary/aromatic N) is 1. The second-order valence-corrected chi connectivity index (χ2v) is 5.66. The highest BCUT2D eigenvalue weighted by molar-refractivity contribution is 7.09. The summed E-state index contributed by atoms with van der Waals surface area (Å²) in [7, 11) is 0. The van der Waals surface area contributed by atoms with Crippen LogP contribution in [-0.2, 0) is 11.8 Å². The van der Waals surface area contributed by atoms with Crippen molar-refractivity contribution in [1.29, 1.82) is 0 Å². The van der Waals surface area contributed by atoms with Gasteiger partial charge >= 0.3 is 0 Å². The van der Waals surface area contributed by atoms with E-state index in [1.54, 1.807) is 23.8 Å². The number of hydrogen-bond donors (Lipinski definition) is 2. The number of aliphatic hydroxyl groups excluding tert-OH is 2. The predicted octanol–water partition coefficient (Wildman–Crippen LogP) is 2.26. The van der Waals surface area contributed by atoms with Crippen molar-refractivity contribution in [2.45, 2.75) is 11.8 Å². The summed E-state index contributed by atoms with van der Waals surface area (Å²) in [4.78, 5) is 5.05. The van der Waals surface area contributed by atoms with Gasteiger partial charge in [0.15, 0.2) is 0 Å². The van der Waals surface area contributed by atoms with E-state index in [0.717, 1.165) is 10.4 Å². The van der Waals surface area contributed by atoms with Gasteiger partial charge in [0.25, 0.3) is 0 Å². The van der Waals surface area contributed by atoms with Crippen LogP contribution in [0.5, 0.6) is 0 Å². The SMILES string of the molecule is OCC(CO)(Cc1cncs1)c1ccc(Cl)cc1. The molecule has 0 saturated carbocycles. The first-order valence-electron chi connectivity index (χ1n) is 5.55. The van der Waals surface area contributed by atoms with Crippen molar-refractivity contribution in [3.05, 3.63) is 51.4 Å². The summed E-state index contributed by atoms with van der Waals surface area (Å²) in [5, 5.41) is 20.0. The molecule has 96 valence electrons. The summed E-state index contributed by atoms with van der Waals surface area (Å²) < 4.78 is 0. The van der Waals surface area contributed by atoms with Crippen LogP contribution in [0, 0.1) is 0 Å². The third-order valence-corrected chi connectivity index (χ3v) is 4.09. The molecule has 0 radical (unpaired) electrons. The Morgan fingerprint density at radius 2 is 1.83 bits per heavy atom. The molecule has 0 aliphatic carbocycles. The first-order chi connectivity index (χ1) is 8.70. The van der Waals surface area contributed by atoms with Crippen molar-refractivity contribution in [1.82, 2.24) is 4.98 Å². The molecule has 0 spiro atoms. The molecule has 0 unspecified atom stereocenters. The Bertz CT molecular complexity index is 480. The third-order valence-electron chi connectivity index (χ3n) is 3.06. The lowest BCUT2D eigenvalue weighted by atomic mass is 9.78. The summed E-state index contributed by atoms with van der Waals surface area (Å²) in [6.45, 7) is -0.244. The molecule has 1 heterocycles. The van der Waals surface area contributed by atoms with Crippen LogP contribution in [0.1, 0.15) is 10.4 Å². The van der Waals surface area contributed by atoms with Gasteiger partial charge in [0, 0.05) is 21.5 Å². The van der Waals surface area contributed by atoms with Gasteiger partial charge in [-0.25, -0.2) is 0 Å². The van der Waals surface area contributed by atoms with Crippen molar-refractivity contribution >= 4 is 22.9 Å². The van der Waals surface area contributed by atoms with Crippen molar-refractivity contribution in [2.24, 2.45) is 0 Å². The summed E-state index contributed by atoms with van der Waals surface area (Å²) >= 11 is 7.38. The van der Waals surface area contributed by atoms with Crippen LogP contribution in [0.25, 0.3) is 0 Å². The maximum Gasteiger partial charge on any atom is 0.0794 e. The maximum absolute atomic E-state index is 9.69. The molecule has 2 N–H and O–H groups in total. The normalized spacial score (nSPS) is 11.7. The van der Waals surface area contributed by atoms with Gasteiger partial charge in [-0.05, 0) is 24.1 Å². The first-order valence-corrected chi connectivity index (χ1v) is 6.81. The fourth-order valence-corrected chi connectivity index (χ4v) is 2.78. The molecule has 2 rings (SSSR count). The number of aliphatic hydroxyl groups is 2. The van der Waals surface area contributed by atoms with Gasteiger partial charge in [-0.1, -0.05) is 23.7 Å². The van der Waals surface area contributed by atoms with Gasteiger partial charge in [0.2, 0.25) is 0 Å². The van der Waals surface area contributed by atoms with Crippen LogP contribution in [0.15, 0.2) is 36.0 Å². The van der Waals surface area contributed by atoms with Crippen LogP contribution in [-0.4, -0.2) is 28.4 Å². The summed E-state index contributed by atoms with van der Waals surface area (Å²) in [6.07, 6.45) is 2.33. The lowest BCUT2D eigenvalue weighted by molar-refractivity contribution is 0.117. The highest BCUT2D eigenvalue weighted by atomic mass is 35.5. The molecule has 0 bridgehead atoms. The highest BCUT2D eigenvalue weighted by Crippen LogP contribution is 2.30. The average Bonchev–Trinajstić information content (AvgIpc) is 2.90. The van der Waals surface area contributed by atoms with E-state index in [0.29, 0.717) is 11.4 Å². The van der Waals surface area contributed by atoms with Gasteiger partial charge in [-0.15, -0.1) is 11.3 Å². The van der Waals surface area contributed by atoms with Crippen molar-refractivity contribution in [3.63, 3.8) is 0 Å². The lowest BCUT2D eigenvalue weighted by Crippen LogP contribution is -2.37. The number of rotatable bonds is 5. The van der Waals surface area contributed by atoms with Crippen molar-refractivity contribution < 1.29 is 10.2 Å². The van der Waals surface area contributed by atoms with E-state index in [1.165, 1.54) is 11.3 Å². The Kier molecular flexibility index (Phi) is 4.35. The standard InChI is InChI=1S/C13H14ClNO2S/c14-11-3-1-10(2-4-11)13(7-16,8-17)5-12-6-15-9-18-12/h1-4,6,9,16-17H,5,7-8H2. The van der Waals surface area contributed by atoms with E-state index in [2.05, 4.69) is 4.98 Å². The number of thiazole rings is 1.